The number of carbonyl (C=O) groups excluding carboxylic acids is 1. The van der Waals surface area contributed by atoms with Crippen LogP contribution in [0.1, 0.15) is 42.2 Å². The summed E-state index contributed by atoms with van der Waals surface area (Å²) in [5, 5.41) is 12.3. The largest absolute Gasteiger partial charge is 0.481 e. The first-order valence-corrected chi connectivity index (χ1v) is 6.37. The molecule has 1 aromatic rings. The third-order valence-corrected chi connectivity index (χ3v) is 3.29. The van der Waals surface area contributed by atoms with Crippen molar-refractivity contribution in [3.05, 3.63) is 11.7 Å². The zero-order valence-electron chi connectivity index (χ0n) is 10.8. The predicted octanol–water partition coefficient (Wildman–Crippen LogP) is 1.10. The average Bonchev–Trinajstić information content (AvgIpc) is 2.82. The van der Waals surface area contributed by atoms with E-state index in [9.17, 15) is 9.59 Å². The molecule has 0 aromatic carbocycles. The molecule has 1 saturated heterocycles. The van der Waals surface area contributed by atoms with E-state index in [0.717, 1.165) is 12.8 Å². The van der Waals surface area contributed by atoms with Gasteiger partial charge < -0.3 is 14.5 Å². The highest BCUT2D eigenvalue weighted by Crippen LogP contribution is 2.22. The van der Waals surface area contributed by atoms with Crippen molar-refractivity contribution in [1.29, 1.82) is 0 Å². The Morgan fingerprint density at radius 1 is 1.53 bits per heavy atom. The van der Waals surface area contributed by atoms with E-state index in [1.165, 1.54) is 0 Å². The number of aryl methyl sites for hydroxylation is 1. The summed E-state index contributed by atoms with van der Waals surface area (Å²) in [6.07, 6.45) is 2.59. The zero-order valence-corrected chi connectivity index (χ0v) is 10.8. The van der Waals surface area contributed by atoms with E-state index in [0.29, 0.717) is 25.4 Å². The lowest BCUT2D eigenvalue weighted by molar-refractivity contribution is -0.137. The monoisotopic (exact) mass is 267 g/mol. The molecule has 0 radical (unpaired) electrons. The number of amides is 1. The van der Waals surface area contributed by atoms with Gasteiger partial charge in [0.25, 0.3) is 11.7 Å². The van der Waals surface area contributed by atoms with Gasteiger partial charge in [0.1, 0.15) is 0 Å². The molecule has 1 N–H and O–H groups in total. The van der Waals surface area contributed by atoms with Gasteiger partial charge in [0.15, 0.2) is 0 Å². The van der Waals surface area contributed by atoms with Crippen LogP contribution in [0.2, 0.25) is 0 Å². The van der Waals surface area contributed by atoms with Crippen molar-refractivity contribution in [2.45, 2.75) is 32.6 Å². The highest BCUT2D eigenvalue weighted by molar-refractivity contribution is 5.90. The number of hydrogen-bond acceptors (Lipinski definition) is 5. The molecule has 1 amide bonds. The molecule has 1 aliphatic heterocycles. The summed E-state index contributed by atoms with van der Waals surface area (Å²) in [5.41, 5.74) is 0. The first-order chi connectivity index (χ1) is 9.06. The topological polar surface area (TPSA) is 96.5 Å². The summed E-state index contributed by atoms with van der Waals surface area (Å²) in [6.45, 7) is 2.87. The molecule has 0 saturated carbocycles. The summed E-state index contributed by atoms with van der Waals surface area (Å²) >= 11 is 0. The number of aromatic nitrogens is 2. The van der Waals surface area contributed by atoms with Gasteiger partial charge in [-0.1, -0.05) is 5.16 Å². The van der Waals surface area contributed by atoms with Gasteiger partial charge in [-0.25, -0.2) is 0 Å². The van der Waals surface area contributed by atoms with E-state index in [1.807, 2.05) is 0 Å². The maximum Gasteiger partial charge on any atom is 0.303 e. The van der Waals surface area contributed by atoms with Gasteiger partial charge in [0, 0.05) is 26.4 Å². The van der Waals surface area contributed by atoms with Crippen molar-refractivity contribution in [1.82, 2.24) is 15.0 Å². The second-order valence-electron chi connectivity index (χ2n) is 4.83. The van der Waals surface area contributed by atoms with Crippen LogP contribution >= 0.6 is 0 Å². The van der Waals surface area contributed by atoms with E-state index >= 15 is 0 Å². The second kappa shape index (κ2) is 5.81. The van der Waals surface area contributed by atoms with Crippen molar-refractivity contribution in [3.63, 3.8) is 0 Å². The fourth-order valence-electron chi connectivity index (χ4n) is 2.34. The lowest BCUT2D eigenvalue weighted by Gasteiger charge is -2.31. The first kappa shape index (κ1) is 13.5. The number of carbonyl (C=O) groups is 2. The Morgan fingerprint density at radius 2 is 2.32 bits per heavy atom. The van der Waals surface area contributed by atoms with Crippen LogP contribution in [-0.4, -0.2) is 45.1 Å². The van der Waals surface area contributed by atoms with Gasteiger partial charge >= 0.3 is 5.97 Å². The van der Waals surface area contributed by atoms with E-state index < -0.39 is 5.97 Å². The van der Waals surface area contributed by atoms with Gasteiger partial charge in [0.05, 0.1) is 0 Å². The van der Waals surface area contributed by atoms with Crippen molar-refractivity contribution in [3.8, 4) is 0 Å². The molecule has 19 heavy (non-hydrogen) atoms. The highest BCUT2D eigenvalue weighted by atomic mass is 16.5. The Hall–Kier alpha value is -1.92. The lowest BCUT2D eigenvalue weighted by Crippen LogP contribution is -2.40. The molecule has 104 valence electrons. The summed E-state index contributed by atoms with van der Waals surface area (Å²) in [4.78, 5) is 28.3. The van der Waals surface area contributed by atoms with Crippen LogP contribution in [0.3, 0.4) is 0 Å². The van der Waals surface area contributed by atoms with Gasteiger partial charge in [-0.2, -0.15) is 4.98 Å². The number of hydrogen-bond donors (Lipinski definition) is 1. The molecule has 2 heterocycles. The molecule has 1 fully saturated rings. The first-order valence-electron chi connectivity index (χ1n) is 6.37. The van der Waals surface area contributed by atoms with Crippen LogP contribution in [0.4, 0.5) is 0 Å². The molecule has 0 aliphatic carbocycles. The number of piperidine rings is 1. The minimum atomic E-state index is -0.794. The molecule has 1 aromatic heterocycles. The van der Waals surface area contributed by atoms with Gasteiger partial charge in [0.2, 0.25) is 5.89 Å². The highest BCUT2D eigenvalue weighted by Gasteiger charge is 2.27. The number of rotatable bonds is 4. The summed E-state index contributed by atoms with van der Waals surface area (Å²) in [6, 6.07) is 0. The SMILES string of the molecule is Cc1nc(C(=O)N2CCCC(CCC(=O)O)C2)no1. The fraction of sp³-hybridized carbons (Fsp3) is 0.667. The molecular weight excluding hydrogens is 250 g/mol. The lowest BCUT2D eigenvalue weighted by atomic mass is 9.93. The van der Waals surface area contributed by atoms with Crippen LogP contribution in [0.25, 0.3) is 0 Å². The smallest absolute Gasteiger partial charge is 0.303 e. The maximum atomic E-state index is 12.1. The Labute approximate surface area is 110 Å². The Morgan fingerprint density at radius 3 is 2.95 bits per heavy atom. The third kappa shape index (κ3) is 3.52. The van der Waals surface area contributed by atoms with Crippen molar-refractivity contribution in [2.24, 2.45) is 5.92 Å². The molecule has 1 unspecified atom stereocenters. The number of likely N-dealkylation sites (tertiary alicyclic amines) is 1. The molecule has 1 atom stereocenters. The minimum absolute atomic E-state index is 0.0800. The van der Waals surface area contributed by atoms with E-state index in [1.54, 1.807) is 11.8 Å². The van der Waals surface area contributed by atoms with Crippen LogP contribution in [0.15, 0.2) is 4.52 Å². The molecule has 7 nitrogen and oxygen atoms in total. The quantitative estimate of drug-likeness (QED) is 0.877. The van der Waals surface area contributed by atoms with Crippen LogP contribution in [0.5, 0.6) is 0 Å². The molecule has 2 rings (SSSR count). The number of nitrogens with zero attached hydrogens (tertiary/aromatic N) is 3. The molecule has 0 spiro atoms. The minimum Gasteiger partial charge on any atom is -0.481 e. The van der Waals surface area contributed by atoms with Crippen molar-refractivity contribution in [2.75, 3.05) is 13.1 Å². The number of carboxylic acids is 1. The molecule has 1 aliphatic rings. The Bertz CT molecular complexity index is 471. The fourth-order valence-corrected chi connectivity index (χ4v) is 2.34. The molecule has 0 bridgehead atoms. The number of carboxylic acid groups (broad SMARTS) is 1. The molecular formula is C12H17N3O4. The average molecular weight is 267 g/mol. The Kier molecular flexibility index (Phi) is 4.13. The van der Waals surface area contributed by atoms with Gasteiger partial charge in [-0.05, 0) is 25.2 Å². The van der Waals surface area contributed by atoms with E-state index in [4.69, 9.17) is 9.63 Å². The second-order valence-corrected chi connectivity index (χ2v) is 4.83. The van der Waals surface area contributed by atoms with Crippen LogP contribution in [0, 0.1) is 12.8 Å². The zero-order chi connectivity index (χ0) is 13.8. The number of aliphatic carboxylic acids is 1. The van der Waals surface area contributed by atoms with Gasteiger partial charge in [-0.15, -0.1) is 0 Å². The van der Waals surface area contributed by atoms with Crippen LogP contribution in [-0.2, 0) is 4.79 Å². The maximum absolute atomic E-state index is 12.1. The van der Waals surface area contributed by atoms with E-state index in [-0.39, 0.29) is 24.1 Å². The summed E-state index contributed by atoms with van der Waals surface area (Å²) in [5.74, 6) is -0.352. The third-order valence-electron chi connectivity index (χ3n) is 3.29. The Balaban J connectivity index is 1.93. The molecule has 7 heteroatoms. The van der Waals surface area contributed by atoms with E-state index in [2.05, 4.69) is 10.1 Å². The van der Waals surface area contributed by atoms with Crippen LogP contribution < -0.4 is 0 Å². The summed E-state index contributed by atoms with van der Waals surface area (Å²) < 4.78 is 4.80. The van der Waals surface area contributed by atoms with Gasteiger partial charge in [-0.3, -0.25) is 9.59 Å². The predicted molar refractivity (Wildman–Crippen MR) is 64.5 cm³/mol. The summed E-state index contributed by atoms with van der Waals surface area (Å²) in [7, 11) is 0. The standard InChI is InChI=1S/C12H17N3O4/c1-8-13-11(14-19-8)12(18)15-6-2-3-9(7-15)4-5-10(16)17/h9H,2-7H2,1H3,(H,16,17). The van der Waals surface area contributed by atoms with Crippen molar-refractivity contribution < 1.29 is 19.2 Å². The van der Waals surface area contributed by atoms with Crippen molar-refractivity contribution >= 4 is 11.9 Å². The normalized spacial score (nSPS) is 19.4.